The summed E-state index contributed by atoms with van der Waals surface area (Å²) >= 11 is 0. The minimum atomic E-state index is 0. The van der Waals surface area contributed by atoms with E-state index in [1.54, 1.807) is 6.20 Å². The zero-order chi connectivity index (χ0) is 15.2. The zero-order valence-corrected chi connectivity index (χ0v) is 13.6. The van der Waals surface area contributed by atoms with Crippen molar-refractivity contribution in [1.82, 2.24) is 9.97 Å². The van der Waals surface area contributed by atoms with Gasteiger partial charge in [0.15, 0.2) is 0 Å². The number of imidazole rings is 1. The first-order valence-corrected chi connectivity index (χ1v) is 7.46. The number of carbonyl (C=O) groups is 1. The van der Waals surface area contributed by atoms with Gasteiger partial charge < -0.3 is 4.98 Å². The van der Waals surface area contributed by atoms with Gasteiger partial charge in [-0.3, -0.25) is 4.79 Å². The van der Waals surface area contributed by atoms with Crippen molar-refractivity contribution < 1.29 is 4.79 Å². The Labute approximate surface area is 142 Å². The Morgan fingerprint density at radius 2 is 1.61 bits per heavy atom. The average Bonchev–Trinajstić information content (AvgIpc) is 3.03. The molecule has 4 heteroatoms. The maximum absolute atomic E-state index is 12.1. The first-order valence-electron chi connectivity index (χ1n) is 7.46. The highest BCUT2D eigenvalue weighted by Gasteiger charge is 2.08. The van der Waals surface area contributed by atoms with E-state index in [-0.39, 0.29) is 18.2 Å². The maximum Gasteiger partial charge on any atom is 0.140 e. The first-order chi connectivity index (χ1) is 10.8. The third kappa shape index (κ3) is 4.80. The van der Waals surface area contributed by atoms with Crippen LogP contribution in [0.5, 0.6) is 0 Å². The van der Waals surface area contributed by atoms with Crippen molar-refractivity contribution in [2.45, 2.75) is 19.3 Å². The molecule has 0 saturated carbocycles. The number of nitrogens with one attached hydrogen (secondary N) is 1. The number of H-pyrrole nitrogens is 1. The van der Waals surface area contributed by atoms with E-state index >= 15 is 0 Å². The van der Waals surface area contributed by atoms with Crippen molar-refractivity contribution >= 4 is 18.2 Å². The van der Waals surface area contributed by atoms with E-state index in [4.69, 9.17) is 0 Å². The Morgan fingerprint density at radius 3 is 2.30 bits per heavy atom. The maximum atomic E-state index is 12.1. The van der Waals surface area contributed by atoms with E-state index in [9.17, 15) is 4.79 Å². The van der Waals surface area contributed by atoms with Crippen LogP contribution in [0.2, 0.25) is 0 Å². The Morgan fingerprint density at radius 1 is 0.957 bits per heavy atom. The van der Waals surface area contributed by atoms with Gasteiger partial charge in [0.25, 0.3) is 0 Å². The Bertz CT molecular complexity index is 738. The molecule has 0 radical (unpaired) electrons. The number of ketones is 1. The molecule has 0 unspecified atom stereocenters. The normalized spacial score (nSPS) is 10.1. The number of aromatic nitrogens is 2. The van der Waals surface area contributed by atoms with Crippen LogP contribution in [0.3, 0.4) is 0 Å². The molecule has 0 aliphatic heterocycles. The van der Waals surface area contributed by atoms with Gasteiger partial charge in [-0.05, 0) is 17.5 Å². The van der Waals surface area contributed by atoms with Crippen molar-refractivity contribution in [3.05, 3.63) is 78.2 Å². The summed E-state index contributed by atoms with van der Waals surface area (Å²) < 4.78 is 0. The molecule has 3 aromatic rings. The SMILES string of the molecule is Cl.O=C(CCc1ccccc1)Cc1ncc(-c2ccccc2)[nH]1. The molecule has 0 atom stereocenters. The average molecular weight is 327 g/mol. The first kappa shape index (κ1) is 17.0. The lowest BCUT2D eigenvalue weighted by Gasteiger charge is -2.00. The van der Waals surface area contributed by atoms with Crippen LogP contribution >= 0.6 is 12.4 Å². The Kier molecular flexibility index (Phi) is 6.12. The smallest absolute Gasteiger partial charge is 0.140 e. The number of Topliss-reactive ketones (excluding diaryl/α,β-unsaturated/α-hetero) is 1. The number of carbonyl (C=O) groups excluding carboxylic acids is 1. The van der Waals surface area contributed by atoms with Crippen LogP contribution in [-0.4, -0.2) is 15.8 Å². The van der Waals surface area contributed by atoms with E-state index in [1.807, 2.05) is 60.7 Å². The molecular formula is C19H19ClN2O. The third-order valence-electron chi connectivity index (χ3n) is 3.61. The highest BCUT2D eigenvalue weighted by Crippen LogP contribution is 2.16. The minimum absolute atomic E-state index is 0. The summed E-state index contributed by atoms with van der Waals surface area (Å²) in [6.07, 6.45) is 3.48. The Hall–Kier alpha value is -2.39. The molecule has 1 aromatic heterocycles. The second-order valence-corrected chi connectivity index (χ2v) is 5.31. The van der Waals surface area contributed by atoms with Crippen LogP contribution in [0.1, 0.15) is 17.8 Å². The molecule has 1 N–H and O–H groups in total. The van der Waals surface area contributed by atoms with Crippen molar-refractivity contribution in [3.8, 4) is 11.3 Å². The molecule has 0 aliphatic carbocycles. The molecular weight excluding hydrogens is 308 g/mol. The quantitative estimate of drug-likeness (QED) is 0.736. The standard InChI is InChI=1S/C19H18N2O.ClH/c22-17(12-11-15-7-3-1-4-8-15)13-19-20-14-18(21-19)16-9-5-2-6-10-16;/h1-10,14H,11-13H2,(H,20,21);1H. The van der Waals surface area contributed by atoms with Crippen molar-refractivity contribution in [2.24, 2.45) is 0 Å². The van der Waals surface area contributed by atoms with Crippen molar-refractivity contribution in [1.29, 1.82) is 0 Å². The number of halogens is 1. The van der Waals surface area contributed by atoms with Crippen molar-refractivity contribution in [2.75, 3.05) is 0 Å². The molecule has 2 aromatic carbocycles. The predicted octanol–water partition coefficient (Wildman–Crippen LogP) is 4.24. The summed E-state index contributed by atoms with van der Waals surface area (Å²) in [7, 11) is 0. The van der Waals surface area contributed by atoms with Gasteiger partial charge in [0.1, 0.15) is 11.6 Å². The van der Waals surface area contributed by atoms with Gasteiger partial charge in [-0.25, -0.2) is 4.98 Å². The van der Waals surface area contributed by atoms with Gasteiger partial charge in [-0.15, -0.1) is 12.4 Å². The molecule has 1 heterocycles. The van der Waals surface area contributed by atoms with E-state index in [0.717, 1.165) is 23.5 Å². The lowest BCUT2D eigenvalue weighted by molar-refractivity contribution is -0.118. The molecule has 0 amide bonds. The summed E-state index contributed by atoms with van der Waals surface area (Å²) in [4.78, 5) is 19.6. The number of benzene rings is 2. The number of nitrogens with zero attached hydrogens (tertiary/aromatic N) is 1. The van der Waals surface area contributed by atoms with E-state index in [0.29, 0.717) is 12.8 Å². The van der Waals surface area contributed by atoms with E-state index in [1.165, 1.54) is 5.56 Å². The van der Waals surface area contributed by atoms with Crippen LogP contribution < -0.4 is 0 Å². The second kappa shape index (κ2) is 8.30. The van der Waals surface area contributed by atoms with Crippen molar-refractivity contribution in [3.63, 3.8) is 0 Å². The lowest BCUT2D eigenvalue weighted by atomic mass is 10.1. The summed E-state index contributed by atoms with van der Waals surface area (Å²) in [5.74, 6) is 0.940. The van der Waals surface area contributed by atoms with Gasteiger partial charge in [-0.1, -0.05) is 60.7 Å². The van der Waals surface area contributed by atoms with E-state index < -0.39 is 0 Å². The third-order valence-corrected chi connectivity index (χ3v) is 3.61. The van der Waals surface area contributed by atoms with Gasteiger partial charge in [0.05, 0.1) is 18.3 Å². The van der Waals surface area contributed by atoms with Crippen LogP contribution in [0.4, 0.5) is 0 Å². The highest BCUT2D eigenvalue weighted by atomic mass is 35.5. The molecule has 0 bridgehead atoms. The van der Waals surface area contributed by atoms with Gasteiger partial charge >= 0.3 is 0 Å². The summed E-state index contributed by atoms with van der Waals surface area (Å²) in [5, 5.41) is 0. The number of hydrogen-bond acceptors (Lipinski definition) is 2. The fourth-order valence-electron chi connectivity index (χ4n) is 2.42. The zero-order valence-electron chi connectivity index (χ0n) is 12.7. The van der Waals surface area contributed by atoms with Gasteiger partial charge in [0.2, 0.25) is 0 Å². The highest BCUT2D eigenvalue weighted by molar-refractivity contribution is 5.85. The van der Waals surface area contributed by atoms with Crippen LogP contribution in [-0.2, 0) is 17.6 Å². The van der Waals surface area contributed by atoms with Crippen LogP contribution in [0.15, 0.2) is 66.9 Å². The number of aromatic amines is 1. The molecule has 118 valence electrons. The summed E-state index contributed by atoms with van der Waals surface area (Å²) in [6, 6.07) is 20.1. The molecule has 3 nitrogen and oxygen atoms in total. The predicted molar refractivity (Wildman–Crippen MR) is 94.7 cm³/mol. The van der Waals surface area contributed by atoms with Crippen LogP contribution in [0.25, 0.3) is 11.3 Å². The largest absolute Gasteiger partial charge is 0.342 e. The molecule has 0 fully saturated rings. The second-order valence-electron chi connectivity index (χ2n) is 5.31. The monoisotopic (exact) mass is 326 g/mol. The molecule has 23 heavy (non-hydrogen) atoms. The van der Waals surface area contributed by atoms with Gasteiger partial charge in [0, 0.05) is 6.42 Å². The summed E-state index contributed by atoms with van der Waals surface area (Å²) in [6.45, 7) is 0. The number of rotatable bonds is 6. The van der Waals surface area contributed by atoms with Crippen LogP contribution in [0, 0.1) is 0 Å². The lowest BCUT2D eigenvalue weighted by Crippen LogP contribution is -2.05. The number of hydrogen-bond donors (Lipinski definition) is 1. The molecule has 0 saturated heterocycles. The van der Waals surface area contributed by atoms with E-state index in [2.05, 4.69) is 9.97 Å². The summed E-state index contributed by atoms with van der Waals surface area (Å²) in [5.41, 5.74) is 3.23. The minimum Gasteiger partial charge on any atom is -0.342 e. The number of aryl methyl sites for hydroxylation is 1. The molecule has 3 rings (SSSR count). The fourth-order valence-corrected chi connectivity index (χ4v) is 2.42. The topological polar surface area (TPSA) is 45.8 Å². The fraction of sp³-hybridized carbons (Fsp3) is 0.158. The molecule has 0 aliphatic rings. The molecule has 0 spiro atoms. The Balaban J connectivity index is 0.00000192. The van der Waals surface area contributed by atoms with Gasteiger partial charge in [-0.2, -0.15) is 0 Å².